The van der Waals surface area contributed by atoms with Crippen molar-refractivity contribution in [3.63, 3.8) is 0 Å². The summed E-state index contributed by atoms with van der Waals surface area (Å²) in [6, 6.07) is 13.4. The molecule has 2 aromatic heterocycles. The fourth-order valence-corrected chi connectivity index (χ4v) is 4.76. The number of pyridine rings is 2. The molecule has 0 unspecified atom stereocenters. The Hall–Kier alpha value is -3.81. The normalized spacial score (nSPS) is 16.4. The van der Waals surface area contributed by atoms with Crippen molar-refractivity contribution in [2.24, 2.45) is 0 Å². The first-order valence-electron chi connectivity index (χ1n) is 12.1. The first kappa shape index (κ1) is 23.0. The van der Waals surface area contributed by atoms with Gasteiger partial charge in [-0.15, -0.1) is 0 Å². The molecule has 5 rings (SSSR count). The maximum Gasteiger partial charge on any atom is 0.257 e. The minimum atomic E-state index is -0.323. The van der Waals surface area contributed by atoms with E-state index in [1.807, 2.05) is 17.0 Å². The highest BCUT2D eigenvalue weighted by Gasteiger charge is 2.27. The van der Waals surface area contributed by atoms with E-state index in [4.69, 9.17) is 0 Å². The number of rotatable bonds is 5. The molecule has 1 aromatic carbocycles. The van der Waals surface area contributed by atoms with Gasteiger partial charge < -0.3 is 15.1 Å². The number of carbonyl (C=O) groups excluding carboxylic acids is 2. The van der Waals surface area contributed by atoms with Gasteiger partial charge >= 0.3 is 0 Å². The summed E-state index contributed by atoms with van der Waals surface area (Å²) in [5.41, 5.74) is 2.41. The van der Waals surface area contributed by atoms with E-state index in [9.17, 15) is 14.0 Å². The second-order valence-corrected chi connectivity index (χ2v) is 9.05. The number of nitrogens with one attached hydrogen (secondary N) is 1. The van der Waals surface area contributed by atoms with Crippen LogP contribution in [0.4, 0.5) is 10.2 Å². The molecule has 0 spiro atoms. The van der Waals surface area contributed by atoms with Gasteiger partial charge in [-0.1, -0.05) is 12.1 Å². The molecule has 2 fully saturated rings. The number of nitrogens with zero attached hydrogens (tertiary/aromatic N) is 4. The number of benzene rings is 1. The van der Waals surface area contributed by atoms with E-state index >= 15 is 0 Å². The van der Waals surface area contributed by atoms with Crippen LogP contribution in [-0.4, -0.2) is 58.9 Å². The van der Waals surface area contributed by atoms with E-state index in [2.05, 4.69) is 20.2 Å². The molecule has 7 nitrogen and oxygen atoms in total. The highest BCUT2D eigenvalue weighted by atomic mass is 19.1. The Bertz CT molecular complexity index is 1200. The van der Waals surface area contributed by atoms with Crippen molar-refractivity contribution in [1.29, 1.82) is 0 Å². The van der Waals surface area contributed by atoms with Crippen molar-refractivity contribution in [2.75, 3.05) is 31.1 Å². The van der Waals surface area contributed by atoms with Crippen molar-refractivity contribution in [3.05, 3.63) is 77.9 Å². The summed E-state index contributed by atoms with van der Waals surface area (Å²) >= 11 is 0. The lowest BCUT2D eigenvalue weighted by Crippen LogP contribution is -2.45. The van der Waals surface area contributed by atoms with Gasteiger partial charge in [-0.25, -0.2) is 9.37 Å². The first-order chi connectivity index (χ1) is 17.1. The lowest BCUT2D eigenvalue weighted by Gasteiger charge is -2.34. The highest BCUT2D eigenvalue weighted by molar-refractivity contribution is 5.99. The number of carbonyl (C=O) groups is 2. The summed E-state index contributed by atoms with van der Waals surface area (Å²) < 4.78 is 13.5. The van der Waals surface area contributed by atoms with Crippen molar-refractivity contribution < 1.29 is 14.0 Å². The average Bonchev–Trinajstić information content (AvgIpc) is 3.44. The summed E-state index contributed by atoms with van der Waals surface area (Å²) in [5.74, 6) is 0.279. The molecule has 0 saturated carbocycles. The third-order valence-electron chi connectivity index (χ3n) is 6.69. The molecule has 4 heterocycles. The van der Waals surface area contributed by atoms with E-state index in [-0.39, 0.29) is 23.7 Å². The molecule has 35 heavy (non-hydrogen) atoms. The fraction of sp³-hybridized carbons (Fsp3) is 0.333. The van der Waals surface area contributed by atoms with Crippen LogP contribution in [0.3, 0.4) is 0 Å². The molecular weight excluding hydrogens is 445 g/mol. The molecule has 180 valence electrons. The van der Waals surface area contributed by atoms with Gasteiger partial charge in [0.05, 0.1) is 16.8 Å². The topological polar surface area (TPSA) is 78.4 Å². The molecule has 1 N–H and O–H groups in total. The monoisotopic (exact) mass is 473 g/mol. The van der Waals surface area contributed by atoms with E-state index in [1.165, 1.54) is 18.3 Å². The van der Waals surface area contributed by atoms with Crippen LogP contribution in [0.15, 0.2) is 60.9 Å². The first-order valence-corrected chi connectivity index (χ1v) is 12.1. The Morgan fingerprint density at radius 2 is 1.74 bits per heavy atom. The molecule has 3 aromatic rings. The maximum atomic E-state index is 13.5. The minimum absolute atomic E-state index is 0.0306. The molecule has 8 heteroatoms. The Balaban J connectivity index is 1.19. The minimum Gasteiger partial charge on any atom is -0.356 e. The number of amides is 2. The summed E-state index contributed by atoms with van der Waals surface area (Å²) in [6.45, 7) is 3.02. The average molecular weight is 474 g/mol. The van der Waals surface area contributed by atoms with Gasteiger partial charge in [0.15, 0.2) is 0 Å². The Morgan fingerprint density at radius 3 is 2.46 bits per heavy atom. The molecule has 0 aliphatic carbocycles. The number of piperidine rings is 1. The molecule has 0 radical (unpaired) electrons. The van der Waals surface area contributed by atoms with Gasteiger partial charge in [-0.05, 0) is 62.1 Å². The second kappa shape index (κ2) is 10.2. The van der Waals surface area contributed by atoms with Crippen LogP contribution in [-0.2, 0) is 0 Å². The number of likely N-dealkylation sites (tertiary alicyclic amines) is 1. The molecule has 2 saturated heterocycles. The van der Waals surface area contributed by atoms with Crippen LogP contribution < -0.4 is 10.2 Å². The van der Waals surface area contributed by atoms with E-state index < -0.39 is 0 Å². The molecular formula is C27H28FN5O2. The molecule has 2 amide bonds. The molecule has 2 aliphatic heterocycles. The number of anilines is 1. The smallest absolute Gasteiger partial charge is 0.257 e. The number of halogens is 1. The van der Waals surface area contributed by atoms with Gasteiger partial charge in [0.25, 0.3) is 11.8 Å². The molecule has 0 atom stereocenters. The second-order valence-electron chi connectivity index (χ2n) is 9.05. The quantitative estimate of drug-likeness (QED) is 0.608. The SMILES string of the molecule is O=C(NC1CCN(c2ncccc2C(=O)N2CCCC2)CC1)c1ccc(-c2cccc(F)c2)nc1. The lowest BCUT2D eigenvalue weighted by atomic mass is 10.0. The van der Waals surface area contributed by atoms with E-state index in [0.29, 0.717) is 35.5 Å². The van der Waals surface area contributed by atoms with Gasteiger partial charge in [0.2, 0.25) is 0 Å². The van der Waals surface area contributed by atoms with Crippen LogP contribution in [0.5, 0.6) is 0 Å². The Labute approximate surface area is 204 Å². The van der Waals surface area contributed by atoms with Crippen LogP contribution in [0.25, 0.3) is 11.3 Å². The van der Waals surface area contributed by atoms with Crippen molar-refractivity contribution in [2.45, 2.75) is 31.7 Å². The summed E-state index contributed by atoms with van der Waals surface area (Å²) in [5, 5.41) is 3.10. The summed E-state index contributed by atoms with van der Waals surface area (Å²) in [6.07, 6.45) is 6.87. The predicted octanol–water partition coefficient (Wildman–Crippen LogP) is 3.92. The van der Waals surface area contributed by atoms with Gasteiger partial charge in [-0.3, -0.25) is 14.6 Å². The number of aromatic nitrogens is 2. The third-order valence-corrected chi connectivity index (χ3v) is 6.69. The zero-order chi connectivity index (χ0) is 24.2. The van der Waals surface area contributed by atoms with E-state index in [0.717, 1.165) is 44.6 Å². The third kappa shape index (κ3) is 5.16. The highest BCUT2D eigenvalue weighted by Crippen LogP contribution is 2.25. The summed E-state index contributed by atoms with van der Waals surface area (Å²) in [7, 11) is 0. The zero-order valence-electron chi connectivity index (χ0n) is 19.5. The van der Waals surface area contributed by atoms with Crippen LogP contribution in [0, 0.1) is 5.82 Å². The zero-order valence-corrected chi connectivity index (χ0v) is 19.5. The van der Waals surface area contributed by atoms with Crippen molar-refractivity contribution in [3.8, 4) is 11.3 Å². The number of hydrogen-bond donors (Lipinski definition) is 1. The molecule has 0 bridgehead atoms. The van der Waals surface area contributed by atoms with Crippen LogP contribution in [0.1, 0.15) is 46.4 Å². The lowest BCUT2D eigenvalue weighted by molar-refractivity contribution is 0.0792. The van der Waals surface area contributed by atoms with Gasteiger partial charge in [0, 0.05) is 50.2 Å². The molecule has 2 aliphatic rings. The van der Waals surface area contributed by atoms with Crippen LogP contribution in [0.2, 0.25) is 0 Å². The fourth-order valence-electron chi connectivity index (χ4n) is 4.76. The van der Waals surface area contributed by atoms with E-state index in [1.54, 1.807) is 30.5 Å². The summed E-state index contributed by atoms with van der Waals surface area (Å²) in [4.78, 5) is 38.7. The Morgan fingerprint density at radius 1 is 0.943 bits per heavy atom. The number of hydrogen-bond acceptors (Lipinski definition) is 5. The Kier molecular flexibility index (Phi) is 6.70. The van der Waals surface area contributed by atoms with Crippen molar-refractivity contribution in [1.82, 2.24) is 20.2 Å². The van der Waals surface area contributed by atoms with Gasteiger partial charge in [0.1, 0.15) is 11.6 Å². The maximum absolute atomic E-state index is 13.5. The predicted molar refractivity (Wildman–Crippen MR) is 132 cm³/mol. The largest absolute Gasteiger partial charge is 0.356 e. The van der Waals surface area contributed by atoms with Gasteiger partial charge in [-0.2, -0.15) is 0 Å². The van der Waals surface area contributed by atoms with Crippen LogP contribution >= 0.6 is 0 Å². The van der Waals surface area contributed by atoms with Crippen molar-refractivity contribution >= 4 is 17.6 Å². The standard InChI is InChI=1S/C27H28FN5O2/c28-21-6-3-5-19(17-21)24-9-8-20(18-30-24)26(34)31-22-10-15-32(16-11-22)25-23(7-4-12-29-25)27(35)33-13-1-2-14-33/h3-9,12,17-18,22H,1-2,10-11,13-16H2,(H,31,34).